The lowest BCUT2D eigenvalue weighted by atomic mass is 9.67. The van der Waals surface area contributed by atoms with Gasteiger partial charge in [0, 0.05) is 35.9 Å². The molecular formula is C22H29NO4S. The Bertz CT molecular complexity index is 791. The zero-order valence-electron chi connectivity index (χ0n) is 17.1. The van der Waals surface area contributed by atoms with E-state index in [4.69, 9.17) is 14.5 Å². The Hall–Kier alpha value is -1.79. The van der Waals surface area contributed by atoms with E-state index in [0.29, 0.717) is 25.2 Å². The number of ketones is 1. The van der Waals surface area contributed by atoms with Crippen molar-refractivity contribution in [2.75, 3.05) is 19.8 Å². The van der Waals surface area contributed by atoms with Crippen molar-refractivity contribution < 1.29 is 19.1 Å². The fraction of sp³-hybridized carbons (Fsp3) is 0.591. The summed E-state index contributed by atoms with van der Waals surface area (Å²) in [6.45, 7) is 9.34. The van der Waals surface area contributed by atoms with Gasteiger partial charge in [0.15, 0.2) is 5.78 Å². The van der Waals surface area contributed by atoms with Crippen molar-refractivity contribution >= 4 is 28.8 Å². The molecule has 28 heavy (non-hydrogen) atoms. The second-order valence-corrected chi connectivity index (χ2v) is 9.13. The fourth-order valence-corrected chi connectivity index (χ4v) is 4.80. The molecule has 1 aliphatic carbocycles. The maximum atomic E-state index is 13.1. The Kier molecular flexibility index (Phi) is 6.50. The number of Topliss-reactive ketones (excluding diaryl/α,β-unsaturated/α-hetero) is 1. The molecule has 0 amide bonds. The highest BCUT2D eigenvalue weighted by atomic mass is 32.1. The van der Waals surface area contributed by atoms with Gasteiger partial charge in [0.2, 0.25) is 0 Å². The first-order valence-corrected chi connectivity index (χ1v) is 10.9. The Morgan fingerprint density at radius 3 is 2.75 bits per heavy atom. The SMILES string of the molecule is CCCOCCOC(=O)C1C(C)=NC2=C(C(=O)CC(C)(C)C2)[C@H]1c1ccsc1. The van der Waals surface area contributed by atoms with Crippen molar-refractivity contribution in [1.29, 1.82) is 0 Å². The Labute approximate surface area is 170 Å². The molecule has 1 aromatic heterocycles. The number of aliphatic imine (C=N–C) groups is 1. The molecule has 1 aromatic rings. The molecule has 0 saturated carbocycles. The van der Waals surface area contributed by atoms with Crippen LogP contribution in [0.25, 0.3) is 0 Å². The summed E-state index contributed by atoms with van der Waals surface area (Å²) in [5.41, 5.74) is 3.14. The molecule has 2 atom stereocenters. The summed E-state index contributed by atoms with van der Waals surface area (Å²) in [7, 11) is 0. The minimum Gasteiger partial charge on any atom is -0.463 e. The average Bonchev–Trinajstić information content (AvgIpc) is 3.13. The monoisotopic (exact) mass is 403 g/mol. The van der Waals surface area contributed by atoms with E-state index in [-0.39, 0.29) is 29.7 Å². The van der Waals surface area contributed by atoms with E-state index in [1.807, 2.05) is 30.7 Å². The maximum Gasteiger partial charge on any atom is 0.315 e. The molecule has 0 aromatic carbocycles. The molecule has 0 saturated heterocycles. The Morgan fingerprint density at radius 1 is 1.29 bits per heavy atom. The number of carbonyl (C=O) groups excluding carboxylic acids is 2. The first-order chi connectivity index (χ1) is 13.3. The lowest BCUT2D eigenvalue weighted by Gasteiger charge is -2.38. The molecule has 152 valence electrons. The van der Waals surface area contributed by atoms with Gasteiger partial charge in [0.1, 0.15) is 12.5 Å². The van der Waals surface area contributed by atoms with Gasteiger partial charge in [-0.15, -0.1) is 0 Å². The van der Waals surface area contributed by atoms with E-state index in [1.165, 1.54) is 0 Å². The standard InChI is InChI=1S/C22H29NO4S/c1-5-7-26-8-9-27-21(25)18-14(2)23-16-11-22(3,4)12-17(24)20(16)19(18)15-6-10-28-13-15/h6,10,13,18-19H,5,7-9,11-12H2,1-4H3/t18?,19-/m0/s1. The van der Waals surface area contributed by atoms with Gasteiger partial charge in [-0.1, -0.05) is 20.8 Å². The summed E-state index contributed by atoms with van der Waals surface area (Å²) in [6.07, 6.45) is 2.16. The minimum absolute atomic E-state index is 0.0998. The average molecular weight is 404 g/mol. The second kappa shape index (κ2) is 8.70. The maximum absolute atomic E-state index is 13.1. The molecule has 0 fully saturated rings. The van der Waals surface area contributed by atoms with Crippen molar-refractivity contribution in [3.63, 3.8) is 0 Å². The first-order valence-electron chi connectivity index (χ1n) is 9.92. The normalized spacial score (nSPS) is 24.0. The Morgan fingerprint density at radius 2 is 2.07 bits per heavy atom. The zero-order chi connectivity index (χ0) is 20.3. The molecule has 0 N–H and O–H groups in total. The summed E-state index contributed by atoms with van der Waals surface area (Å²) >= 11 is 1.57. The van der Waals surface area contributed by atoms with Crippen molar-refractivity contribution in [2.45, 2.75) is 52.9 Å². The second-order valence-electron chi connectivity index (χ2n) is 8.35. The summed E-state index contributed by atoms with van der Waals surface area (Å²) in [5, 5.41) is 4.00. The van der Waals surface area contributed by atoms with Crippen LogP contribution in [-0.2, 0) is 19.1 Å². The lowest BCUT2D eigenvalue weighted by molar-refractivity contribution is -0.148. The number of esters is 1. The number of ether oxygens (including phenoxy) is 2. The summed E-state index contributed by atoms with van der Waals surface area (Å²) < 4.78 is 10.9. The topological polar surface area (TPSA) is 65.0 Å². The summed E-state index contributed by atoms with van der Waals surface area (Å²) in [5.74, 6) is -1.11. The van der Waals surface area contributed by atoms with Crippen LogP contribution in [0.5, 0.6) is 0 Å². The van der Waals surface area contributed by atoms with Crippen molar-refractivity contribution in [3.05, 3.63) is 33.7 Å². The molecule has 5 nitrogen and oxygen atoms in total. The number of hydrogen-bond acceptors (Lipinski definition) is 6. The predicted molar refractivity (Wildman–Crippen MR) is 111 cm³/mol. The van der Waals surface area contributed by atoms with Crippen LogP contribution in [0.1, 0.15) is 58.4 Å². The highest BCUT2D eigenvalue weighted by molar-refractivity contribution is 7.08. The van der Waals surface area contributed by atoms with Gasteiger partial charge in [0.05, 0.1) is 6.61 Å². The molecule has 0 radical (unpaired) electrons. The van der Waals surface area contributed by atoms with Crippen LogP contribution < -0.4 is 0 Å². The molecule has 6 heteroatoms. The molecule has 1 unspecified atom stereocenters. The third-order valence-electron chi connectivity index (χ3n) is 5.28. The van der Waals surface area contributed by atoms with Crippen LogP contribution in [0, 0.1) is 11.3 Å². The van der Waals surface area contributed by atoms with E-state index in [1.54, 1.807) is 11.3 Å². The number of rotatable bonds is 7. The van der Waals surface area contributed by atoms with Gasteiger partial charge in [-0.3, -0.25) is 14.6 Å². The molecule has 0 bridgehead atoms. The highest BCUT2D eigenvalue weighted by Gasteiger charge is 2.46. The molecule has 3 rings (SSSR count). The predicted octanol–water partition coefficient (Wildman–Crippen LogP) is 4.54. The Balaban J connectivity index is 1.89. The van der Waals surface area contributed by atoms with Gasteiger partial charge >= 0.3 is 5.97 Å². The molecule has 1 aliphatic heterocycles. The first kappa shape index (κ1) is 20.9. The van der Waals surface area contributed by atoms with Crippen molar-refractivity contribution in [2.24, 2.45) is 16.3 Å². The van der Waals surface area contributed by atoms with E-state index in [9.17, 15) is 9.59 Å². The van der Waals surface area contributed by atoms with E-state index >= 15 is 0 Å². The molecule has 0 spiro atoms. The smallest absolute Gasteiger partial charge is 0.315 e. The largest absolute Gasteiger partial charge is 0.463 e. The van der Waals surface area contributed by atoms with Gasteiger partial charge < -0.3 is 9.47 Å². The van der Waals surface area contributed by atoms with Crippen LogP contribution in [0.4, 0.5) is 0 Å². The fourth-order valence-electron chi connectivity index (χ4n) is 4.10. The van der Waals surface area contributed by atoms with E-state index in [2.05, 4.69) is 13.8 Å². The van der Waals surface area contributed by atoms with Crippen LogP contribution in [0.15, 0.2) is 33.1 Å². The zero-order valence-corrected chi connectivity index (χ0v) is 17.9. The number of carbonyl (C=O) groups is 2. The van der Waals surface area contributed by atoms with Crippen molar-refractivity contribution in [1.82, 2.24) is 0 Å². The molecule has 2 heterocycles. The van der Waals surface area contributed by atoms with Gasteiger partial charge in [-0.2, -0.15) is 11.3 Å². The van der Waals surface area contributed by atoms with Crippen LogP contribution >= 0.6 is 11.3 Å². The summed E-state index contributed by atoms with van der Waals surface area (Å²) in [4.78, 5) is 30.7. The number of allylic oxidation sites excluding steroid dienone is 2. The van der Waals surface area contributed by atoms with Crippen molar-refractivity contribution in [3.8, 4) is 0 Å². The quantitative estimate of drug-likeness (QED) is 0.495. The number of hydrogen-bond donors (Lipinski definition) is 0. The minimum atomic E-state index is -0.565. The number of thiophene rings is 1. The number of nitrogens with zero attached hydrogens (tertiary/aromatic N) is 1. The van der Waals surface area contributed by atoms with Crippen LogP contribution in [0.3, 0.4) is 0 Å². The third-order valence-corrected chi connectivity index (χ3v) is 5.98. The highest BCUT2D eigenvalue weighted by Crippen LogP contribution is 2.48. The van der Waals surface area contributed by atoms with Crippen LogP contribution in [-0.4, -0.2) is 37.3 Å². The van der Waals surface area contributed by atoms with Gasteiger partial charge in [0.25, 0.3) is 0 Å². The molecule has 2 aliphatic rings. The lowest BCUT2D eigenvalue weighted by Crippen LogP contribution is -2.39. The van der Waals surface area contributed by atoms with Gasteiger partial charge in [-0.05, 0) is 47.6 Å². The van der Waals surface area contributed by atoms with E-state index < -0.39 is 5.92 Å². The summed E-state index contributed by atoms with van der Waals surface area (Å²) in [6, 6.07) is 2.00. The van der Waals surface area contributed by atoms with Crippen LogP contribution in [0.2, 0.25) is 0 Å². The van der Waals surface area contributed by atoms with E-state index in [0.717, 1.165) is 29.8 Å². The third kappa shape index (κ3) is 4.44. The molecular weight excluding hydrogens is 374 g/mol. The van der Waals surface area contributed by atoms with Gasteiger partial charge in [-0.25, -0.2) is 0 Å².